The maximum atomic E-state index is 6.01. The van der Waals surface area contributed by atoms with Crippen LogP contribution in [0.4, 0.5) is 0 Å². The molecular formula is C28H25N3O6. The van der Waals surface area contributed by atoms with E-state index in [0.717, 1.165) is 16.5 Å². The number of nitrogens with zero attached hydrogens (tertiary/aromatic N) is 3. The standard InChI is InChI=1S/C28H25N3O6/c1-32-23-13-19(14-24(33-2)25(23)34-3)26-30-31-28(37-26)21-12-18-10-11-20(15-22(18)29-27(21)35-4)36-16-17-8-6-5-7-9-17/h5-15H,16H2,1-4H3. The topological polar surface area (TPSA) is 98.0 Å². The Hall–Kier alpha value is -4.79. The molecule has 2 heterocycles. The third kappa shape index (κ3) is 4.84. The molecular weight excluding hydrogens is 474 g/mol. The van der Waals surface area contributed by atoms with Gasteiger partial charge in [0.1, 0.15) is 17.9 Å². The minimum Gasteiger partial charge on any atom is -0.493 e. The SMILES string of the molecule is COc1cc(-c2nnc(-c3cc4ccc(OCc5ccccc5)cc4nc3OC)o2)cc(OC)c1OC. The average Bonchev–Trinajstić information content (AvgIpc) is 3.45. The molecule has 2 aromatic heterocycles. The van der Waals surface area contributed by atoms with Crippen LogP contribution < -0.4 is 23.7 Å². The molecule has 3 aromatic carbocycles. The Morgan fingerprint density at radius 2 is 1.46 bits per heavy atom. The summed E-state index contributed by atoms with van der Waals surface area (Å²) in [5.74, 6) is 3.04. The highest BCUT2D eigenvalue weighted by molar-refractivity contribution is 5.85. The van der Waals surface area contributed by atoms with Crippen LogP contribution in [0.2, 0.25) is 0 Å². The lowest BCUT2D eigenvalue weighted by molar-refractivity contribution is 0.306. The number of aromatic nitrogens is 3. The van der Waals surface area contributed by atoms with Crippen molar-refractivity contribution in [1.29, 1.82) is 0 Å². The molecule has 0 unspecified atom stereocenters. The molecule has 0 radical (unpaired) electrons. The molecule has 0 atom stereocenters. The Bertz CT molecular complexity index is 1510. The zero-order valence-corrected chi connectivity index (χ0v) is 20.8. The Labute approximate surface area is 213 Å². The van der Waals surface area contributed by atoms with Crippen molar-refractivity contribution < 1.29 is 28.1 Å². The van der Waals surface area contributed by atoms with Gasteiger partial charge in [-0.15, -0.1) is 10.2 Å². The molecule has 0 aliphatic heterocycles. The van der Waals surface area contributed by atoms with Gasteiger partial charge < -0.3 is 28.1 Å². The number of methoxy groups -OCH3 is 4. The Balaban J connectivity index is 1.46. The molecule has 0 bridgehead atoms. The number of ether oxygens (including phenoxy) is 5. The third-order valence-corrected chi connectivity index (χ3v) is 5.76. The maximum Gasteiger partial charge on any atom is 0.253 e. The number of benzene rings is 3. The van der Waals surface area contributed by atoms with E-state index < -0.39 is 0 Å². The molecule has 0 amide bonds. The molecule has 5 aromatic rings. The number of fused-ring (bicyclic) bond motifs is 1. The van der Waals surface area contributed by atoms with Gasteiger partial charge in [-0.2, -0.15) is 0 Å². The Morgan fingerprint density at radius 3 is 2.14 bits per heavy atom. The summed E-state index contributed by atoms with van der Waals surface area (Å²) in [6.45, 7) is 0.466. The lowest BCUT2D eigenvalue weighted by Gasteiger charge is -2.12. The third-order valence-electron chi connectivity index (χ3n) is 5.76. The van der Waals surface area contributed by atoms with Crippen molar-refractivity contribution in [3.63, 3.8) is 0 Å². The molecule has 0 saturated carbocycles. The number of hydrogen-bond donors (Lipinski definition) is 0. The van der Waals surface area contributed by atoms with Crippen molar-refractivity contribution in [1.82, 2.24) is 15.2 Å². The van der Waals surface area contributed by atoms with Crippen molar-refractivity contribution in [2.45, 2.75) is 6.61 Å². The predicted molar refractivity (Wildman–Crippen MR) is 137 cm³/mol. The first-order valence-corrected chi connectivity index (χ1v) is 11.4. The Morgan fingerprint density at radius 1 is 0.730 bits per heavy atom. The summed E-state index contributed by atoms with van der Waals surface area (Å²) in [6.07, 6.45) is 0. The zero-order valence-electron chi connectivity index (χ0n) is 20.8. The first-order valence-electron chi connectivity index (χ1n) is 11.4. The summed E-state index contributed by atoms with van der Waals surface area (Å²) >= 11 is 0. The van der Waals surface area contributed by atoms with Gasteiger partial charge in [0, 0.05) is 17.0 Å². The second-order valence-corrected chi connectivity index (χ2v) is 8.00. The fourth-order valence-corrected chi connectivity index (χ4v) is 3.92. The largest absolute Gasteiger partial charge is 0.493 e. The van der Waals surface area contributed by atoms with E-state index in [2.05, 4.69) is 15.2 Å². The lowest BCUT2D eigenvalue weighted by Crippen LogP contribution is -1.96. The van der Waals surface area contributed by atoms with Gasteiger partial charge in [-0.1, -0.05) is 30.3 Å². The summed E-state index contributed by atoms with van der Waals surface area (Å²) in [4.78, 5) is 4.66. The van der Waals surface area contributed by atoms with Crippen LogP contribution in [0, 0.1) is 0 Å². The second kappa shape index (κ2) is 10.4. The quantitative estimate of drug-likeness (QED) is 0.258. The number of hydrogen-bond acceptors (Lipinski definition) is 9. The molecule has 0 N–H and O–H groups in total. The summed E-state index contributed by atoms with van der Waals surface area (Å²) in [7, 11) is 6.18. The smallest absolute Gasteiger partial charge is 0.253 e. The van der Waals surface area contributed by atoms with Gasteiger partial charge in [-0.3, -0.25) is 0 Å². The zero-order chi connectivity index (χ0) is 25.8. The van der Waals surface area contributed by atoms with Crippen LogP contribution in [0.15, 0.2) is 71.1 Å². The minimum absolute atomic E-state index is 0.263. The predicted octanol–water partition coefficient (Wildman–Crippen LogP) is 5.57. The Kier molecular flexibility index (Phi) is 6.76. The first kappa shape index (κ1) is 23.9. The maximum absolute atomic E-state index is 6.01. The van der Waals surface area contributed by atoms with Crippen LogP contribution in [0.1, 0.15) is 5.56 Å². The monoisotopic (exact) mass is 499 g/mol. The van der Waals surface area contributed by atoms with E-state index in [0.29, 0.717) is 46.6 Å². The summed E-state index contributed by atoms with van der Waals surface area (Å²) in [6, 6.07) is 21.1. The van der Waals surface area contributed by atoms with E-state index in [-0.39, 0.29) is 11.8 Å². The first-order chi connectivity index (χ1) is 18.1. The van der Waals surface area contributed by atoms with Crippen molar-refractivity contribution in [2.24, 2.45) is 0 Å². The molecule has 0 fully saturated rings. The van der Waals surface area contributed by atoms with Crippen LogP contribution in [0.3, 0.4) is 0 Å². The van der Waals surface area contributed by atoms with Gasteiger partial charge in [0.25, 0.3) is 5.89 Å². The summed E-state index contributed by atoms with van der Waals surface area (Å²) < 4.78 is 33.8. The molecule has 9 nitrogen and oxygen atoms in total. The van der Waals surface area contributed by atoms with Crippen molar-refractivity contribution in [3.05, 3.63) is 72.3 Å². The molecule has 0 aliphatic rings. The lowest BCUT2D eigenvalue weighted by atomic mass is 10.1. The molecule has 0 spiro atoms. The van der Waals surface area contributed by atoms with Crippen LogP contribution in [0.5, 0.6) is 28.9 Å². The van der Waals surface area contributed by atoms with Gasteiger partial charge in [-0.25, -0.2) is 4.98 Å². The van der Waals surface area contributed by atoms with E-state index in [1.165, 1.54) is 0 Å². The van der Waals surface area contributed by atoms with Crippen LogP contribution in [-0.2, 0) is 6.61 Å². The normalized spacial score (nSPS) is 10.8. The van der Waals surface area contributed by atoms with Crippen molar-refractivity contribution in [2.75, 3.05) is 28.4 Å². The van der Waals surface area contributed by atoms with E-state index in [1.807, 2.05) is 54.6 Å². The molecule has 188 valence electrons. The van der Waals surface area contributed by atoms with Crippen LogP contribution >= 0.6 is 0 Å². The summed E-state index contributed by atoms with van der Waals surface area (Å²) in [5, 5.41) is 9.33. The van der Waals surface area contributed by atoms with Crippen molar-refractivity contribution in [3.8, 4) is 51.8 Å². The van der Waals surface area contributed by atoms with Crippen molar-refractivity contribution >= 4 is 10.9 Å². The van der Waals surface area contributed by atoms with Gasteiger partial charge in [-0.05, 0) is 35.9 Å². The number of pyridine rings is 1. The van der Waals surface area contributed by atoms with E-state index >= 15 is 0 Å². The van der Waals surface area contributed by atoms with Gasteiger partial charge >= 0.3 is 0 Å². The van der Waals surface area contributed by atoms with Crippen LogP contribution in [-0.4, -0.2) is 43.6 Å². The second-order valence-electron chi connectivity index (χ2n) is 8.00. The van der Waals surface area contributed by atoms with E-state index in [1.54, 1.807) is 40.6 Å². The average molecular weight is 500 g/mol. The van der Waals surface area contributed by atoms with Gasteiger partial charge in [0.15, 0.2) is 11.5 Å². The molecule has 9 heteroatoms. The highest BCUT2D eigenvalue weighted by atomic mass is 16.5. The molecule has 0 saturated heterocycles. The van der Waals surface area contributed by atoms with Crippen LogP contribution in [0.25, 0.3) is 33.8 Å². The van der Waals surface area contributed by atoms with Gasteiger partial charge in [0.05, 0.1) is 34.0 Å². The van der Waals surface area contributed by atoms with E-state index in [9.17, 15) is 0 Å². The molecule has 0 aliphatic carbocycles. The highest BCUT2D eigenvalue weighted by Crippen LogP contribution is 2.41. The molecule has 5 rings (SSSR count). The van der Waals surface area contributed by atoms with Gasteiger partial charge in [0.2, 0.25) is 17.5 Å². The minimum atomic E-state index is 0.263. The number of rotatable bonds is 9. The highest BCUT2D eigenvalue weighted by Gasteiger charge is 2.20. The van der Waals surface area contributed by atoms with E-state index in [4.69, 9.17) is 28.1 Å². The fourth-order valence-electron chi connectivity index (χ4n) is 3.92. The summed E-state index contributed by atoms with van der Waals surface area (Å²) in [5.41, 5.74) is 2.98. The fraction of sp³-hybridized carbons (Fsp3) is 0.179. The molecule has 37 heavy (non-hydrogen) atoms.